The molecule has 1 aromatic carbocycles. The highest BCUT2D eigenvalue weighted by atomic mass is 19.4. The predicted octanol–water partition coefficient (Wildman–Crippen LogP) is 2.63. The van der Waals surface area contributed by atoms with Crippen molar-refractivity contribution >= 4 is 11.6 Å². The van der Waals surface area contributed by atoms with E-state index in [2.05, 4.69) is 5.32 Å². The van der Waals surface area contributed by atoms with E-state index < -0.39 is 11.7 Å². The number of alkyl halides is 3. The first-order valence-electron chi connectivity index (χ1n) is 5.52. The normalized spacial score (nSPS) is 13.2. The number of hydrogen-bond acceptors (Lipinski definition) is 2. The SMILES string of the molecule is CC(CCN)C(=O)Nc1ccc(C(F)(F)F)cc1. The van der Waals surface area contributed by atoms with Crippen LogP contribution >= 0.6 is 0 Å². The van der Waals surface area contributed by atoms with Gasteiger partial charge in [-0.05, 0) is 37.2 Å². The van der Waals surface area contributed by atoms with E-state index in [4.69, 9.17) is 5.73 Å². The summed E-state index contributed by atoms with van der Waals surface area (Å²) in [5, 5.41) is 2.54. The molecule has 1 rings (SSSR count). The maximum Gasteiger partial charge on any atom is 0.416 e. The molecule has 0 bridgehead atoms. The first kappa shape index (κ1) is 14.5. The highest BCUT2D eigenvalue weighted by Crippen LogP contribution is 2.29. The number of anilines is 1. The van der Waals surface area contributed by atoms with Crippen LogP contribution in [0.3, 0.4) is 0 Å². The number of amides is 1. The molecule has 100 valence electrons. The molecule has 0 spiro atoms. The number of carbonyl (C=O) groups excluding carboxylic acids is 1. The first-order chi connectivity index (χ1) is 8.34. The van der Waals surface area contributed by atoms with Crippen molar-refractivity contribution in [1.82, 2.24) is 0 Å². The molecule has 3 N–H and O–H groups in total. The fourth-order valence-electron chi connectivity index (χ4n) is 1.39. The van der Waals surface area contributed by atoms with E-state index in [-0.39, 0.29) is 11.8 Å². The van der Waals surface area contributed by atoms with Gasteiger partial charge in [-0.1, -0.05) is 6.92 Å². The molecule has 1 amide bonds. The molecule has 0 aliphatic heterocycles. The lowest BCUT2D eigenvalue weighted by Crippen LogP contribution is -2.22. The van der Waals surface area contributed by atoms with Gasteiger partial charge in [-0.25, -0.2) is 0 Å². The van der Waals surface area contributed by atoms with Gasteiger partial charge in [-0.3, -0.25) is 4.79 Å². The maximum atomic E-state index is 12.3. The first-order valence-corrected chi connectivity index (χ1v) is 5.52. The van der Waals surface area contributed by atoms with Crippen molar-refractivity contribution < 1.29 is 18.0 Å². The Morgan fingerprint density at radius 1 is 1.33 bits per heavy atom. The molecule has 6 heteroatoms. The fourth-order valence-corrected chi connectivity index (χ4v) is 1.39. The van der Waals surface area contributed by atoms with Crippen molar-refractivity contribution in [3.05, 3.63) is 29.8 Å². The van der Waals surface area contributed by atoms with Crippen molar-refractivity contribution in [2.24, 2.45) is 11.7 Å². The second-order valence-electron chi connectivity index (χ2n) is 4.04. The summed E-state index contributed by atoms with van der Waals surface area (Å²) < 4.78 is 36.9. The third-order valence-corrected chi connectivity index (χ3v) is 2.53. The zero-order valence-electron chi connectivity index (χ0n) is 9.92. The summed E-state index contributed by atoms with van der Waals surface area (Å²) in [5.74, 6) is -0.516. The largest absolute Gasteiger partial charge is 0.416 e. The lowest BCUT2D eigenvalue weighted by atomic mass is 10.1. The van der Waals surface area contributed by atoms with Crippen LogP contribution in [0.4, 0.5) is 18.9 Å². The zero-order chi connectivity index (χ0) is 13.8. The fraction of sp³-hybridized carbons (Fsp3) is 0.417. The second-order valence-corrected chi connectivity index (χ2v) is 4.04. The summed E-state index contributed by atoms with van der Waals surface area (Å²) in [7, 11) is 0. The summed E-state index contributed by atoms with van der Waals surface area (Å²) in [5.41, 5.74) is 4.93. The lowest BCUT2D eigenvalue weighted by molar-refractivity contribution is -0.137. The van der Waals surface area contributed by atoms with Gasteiger partial charge in [0.1, 0.15) is 0 Å². The zero-order valence-corrected chi connectivity index (χ0v) is 9.92. The lowest BCUT2D eigenvalue weighted by Gasteiger charge is -2.12. The van der Waals surface area contributed by atoms with Gasteiger partial charge in [0.2, 0.25) is 5.91 Å². The predicted molar refractivity (Wildman–Crippen MR) is 62.9 cm³/mol. The number of carbonyl (C=O) groups is 1. The topological polar surface area (TPSA) is 55.1 Å². The minimum Gasteiger partial charge on any atom is -0.330 e. The molecule has 1 unspecified atom stereocenters. The van der Waals surface area contributed by atoms with Gasteiger partial charge in [0.25, 0.3) is 0 Å². The number of halogens is 3. The highest BCUT2D eigenvalue weighted by Gasteiger charge is 2.30. The Bertz CT molecular complexity index is 401. The summed E-state index contributed by atoms with van der Waals surface area (Å²) in [6.07, 6.45) is -3.83. The van der Waals surface area contributed by atoms with E-state index in [1.165, 1.54) is 12.1 Å². The highest BCUT2D eigenvalue weighted by molar-refractivity contribution is 5.92. The molecule has 0 fully saturated rings. The van der Waals surface area contributed by atoms with Crippen molar-refractivity contribution in [1.29, 1.82) is 0 Å². The summed E-state index contributed by atoms with van der Waals surface area (Å²) in [6, 6.07) is 4.33. The summed E-state index contributed by atoms with van der Waals surface area (Å²) in [4.78, 5) is 11.6. The van der Waals surface area contributed by atoms with Gasteiger partial charge in [-0.2, -0.15) is 13.2 Å². The Labute approximate surface area is 103 Å². The Morgan fingerprint density at radius 2 is 1.89 bits per heavy atom. The second kappa shape index (κ2) is 5.86. The Kier molecular flexibility index (Phi) is 4.72. The molecule has 0 radical (unpaired) electrons. The van der Waals surface area contributed by atoms with Gasteiger partial charge in [0.15, 0.2) is 0 Å². The average molecular weight is 260 g/mol. The van der Waals surface area contributed by atoms with Crippen molar-refractivity contribution in [3.63, 3.8) is 0 Å². The van der Waals surface area contributed by atoms with Gasteiger partial charge in [0.05, 0.1) is 5.56 Å². The molecule has 0 aromatic heterocycles. The number of rotatable bonds is 4. The van der Waals surface area contributed by atoms with Crippen LogP contribution in [0.5, 0.6) is 0 Å². The molecule has 0 aliphatic carbocycles. The summed E-state index contributed by atoms with van der Waals surface area (Å²) >= 11 is 0. The molecule has 1 atom stereocenters. The molecule has 0 saturated carbocycles. The number of nitrogens with two attached hydrogens (primary N) is 1. The van der Waals surface area contributed by atoms with Gasteiger partial charge < -0.3 is 11.1 Å². The average Bonchev–Trinajstić information content (AvgIpc) is 2.28. The monoisotopic (exact) mass is 260 g/mol. The van der Waals surface area contributed by atoms with Crippen LogP contribution in [-0.4, -0.2) is 12.5 Å². The third-order valence-electron chi connectivity index (χ3n) is 2.53. The van der Waals surface area contributed by atoms with Gasteiger partial charge in [-0.15, -0.1) is 0 Å². The Balaban J connectivity index is 2.67. The van der Waals surface area contributed by atoms with Crippen LogP contribution in [0.15, 0.2) is 24.3 Å². The van der Waals surface area contributed by atoms with Crippen molar-refractivity contribution in [3.8, 4) is 0 Å². The Morgan fingerprint density at radius 3 is 2.33 bits per heavy atom. The van der Waals surface area contributed by atoms with Crippen LogP contribution in [0.25, 0.3) is 0 Å². The van der Waals surface area contributed by atoms with Crippen LogP contribution in [0.1, 0.15) is 18.9 Å². The third kappa shape index (κ3) is 4.03. The minimum absolute atomic E-state index is 0.250. The standard InChI is InChI=1S/C12H15F3N2O/c1-8(6-7-16)11(18)17-10-4-2-9(3-5-10)12(13,14)15/h2-5,8H,6-7,16H2,1H3,(H,17,18). The molecule has 0 heterocycles. The van der Waals surface area contributed by atoms with E-state index in [0.29, 0.717) is 18.7 Å². The van der Waals surface area contributed by atoms with Crippen LogP contribution in [0, 0.1) is 5.92 Å². The molecule has 18 heavy (non-hydrogen) atoms. The van der Waals surface area contributed by atoms with Gasteiger partial charge in [0, 0.05) is 11.6 Å². The Hall–Kier alpha value is -1.56. The molecule has 3 nitrogen and oxygen atoms in total. The molecular formula is C12H15F3N2O. The minimum atomic E-state index is -4.37. The smallest absolute Gasteiger partial charge is 0.330 e. The van der Waals surface area contributed by atoms with E-state index in [9.17, 15) is 18.0 Å². The molecule has 0 aliphatic rings. The van der Waals surface area contributed by atoms with Crippen LogP contribution in [0.2, 0.25) is 0 Å². The number of benzene rings is 1. The van der Waals surface area contributed by atoms with Gasteiger partial charge >= 0.3 is 6.18 Å². The van der Waals surface area contributed by atoms with E-state index in [0.717, 1.165) is 12.1 Å². The quantitative estimate of drug-likeness (QED) is 0.874. The van der Waals surface area contributed by atoms with Crippen LogP contribution in [-0.2, 0) is 11.0 Å². The van der Waals surface area contributed by atoms with Crippen LogP contribution < -0.4 is 11.1 Å². The number of hydrogen-bond donors (Lipinski definition) is 2. The molecule has 0 saturated heterocycles. The molecule has 1 aromatic rings. The number of nitrogens with one attached hydrogen (secondary N) is 1. The van der Waals surface area contributed by atoms with E-state index in [1.54, 1.807) is 6.92 Å². The van der Waals surface area contributed by atoms with Crippen molar-refractivity contribution in [2.75, 3.05) is 11.9 Å². The van der Waals surface area contributed by atoms with Crippen molar-refractivity contribution in [2.45, 2.75) is 19.5 Å². The molecular weight excluding hydrogens is 245 g/mol. The van der Waals surface area contributed by atoms with E-state index >= 15 is 0 Å². The van der Waals surface area contributed by atoms with E-state index in [1.807, 2.05) is 0 Å². The maximum absolute atomic E-state index is 12.3. The summed E-state index contributed by atoms with van der Waals surface area (Å²) in [6.45, 7) is 2.11.